The minimum atomic E-state index is -2.75. The maximum absolute atomic E-state index is 6.82. The highest BCUT2D eigenvalue weighted by molar-refractivity contribution is 7.21. The molecule has 8 aromatic rings. The van der Waals surface area contributed by atoms with E-state index in [1.165, 1.54) is 42.6 Å². The summed E-state index contributed by atoms with van der Waals surface area (Å²) in [6, 6.07) is 58.7. The van der Waals surface area contributed by atoms with Gasteiger partial charge in [0.25, 0.3) is 0 Å². The number of ether oxygens (including phenoxy) is 2. The molecular formula is C42H27NO2Si. The Morgan fingerprint density at radius 3 is 1.59 bits per heavy atom. The quantitative estimate of drug-likeness (QED) is 0.190. The van der Waals surface area contributed by atoms with E-state index in [-0.39, 0.29) is 0 Å². The smallest absolute Gasteiger partial charge is 0.197 e. The van der Waals surface area contributed by atoms with Crippen molar-refractivity contribution < 1.29 is 9.47 Å². The summed E-state index contributed by atoms with van der Waals surface area (Å²) in [5.41, 5.74) is 5.67. The van der Waals surface area contributed by atoms with Crippen molar-refractivity contribution in [2.75, 3.05) is 0 Å². The molecule has 0 amide bonds. The highest BCUT2D eigenvalue weighted by atomic mass is 28.3. The van der Waals surface area contributed by atoms with Gasteiger partial charge >= 0.3 is 0 Å². The minimum Gasteiger partial charge on any atom is -0.457 e. The molecule has 0 unspecified atom stereocenters. The standard InChI is InChI=1S/C42H27NO2Si/c1-2-15-31(16-3-1)46-40-23-10-8-21-36(40)44-38-26-29(27-39(42(38)46)45-37-22-9-11-24-41(37)46)28-13-12-14-30(25-28)43-34-19-6-4-17-32(34)33-18-5-7-20-35(33)43/h1-27H. The Hall–Kier alpha value is -5.84. The lowest BCUT2D eigenvalue weighted by atomic mass is 10.0. The van der Waals surface area contributed by atoms with Gasteiger partial charge in [0.15, 0.2) is 8.07 Å². The Labute approximate surface area is 267 Å². The van der Waals surface area contributed by atoms with Crippen molar-refractivity contribution in [2.24, 2.45) is 0 Å². The van der Waals surface area contributed by atoms with Gasteiger partial charge < -0.3 is 14.0 Å². The van der Waals surface area contributed by atoms with Crippen LogP contribution < -0.4 is 30.2 Å². The van der Waals surface area contributed by atoms with Gasteiger partial charge in [0.1, 0.15) is 23.0 Å². The molecule has 4 heteroatoms. The molecule has 0 spiro atoms. The number of rotatable bonds is 3. The van der Waals surface area contributed by atoms with Crippen LogP contribution in [0.4, 0.5) is 0 Å². The van der Waals surface area contributed by atoms with Gasteiger partial charge in [0.2, 0.25) is 0 Å². The highest BCUT2D eigenvalue weighted by Crippen LogP contribution is 2.42. The average molecular weight is 606 g/mol. The molecule has 2 aliphatic rings. The largest absolute Gasteiger partial charge is 0.457 e. The molecule has 3 nitrogen and oxygen atoms in total. The van der Waals surface area contributed by atoms with Crippen LogP contribution in [0.1, 0.15) is 0 Å². The van der Waals surface area contributed by atoms with Gasteiger partial charge in [-0.05, 0) is 75.2 Å². The first-order chi connectivity index (χ1) is 22.8. The van der Waals surface area contributed by atoms with Crippen LogP contribution in [-0.2, 0) is 0 Å². The minimum absolute atomic E-state index is 0.874. The van der Waals surface area contributed by atoms with Gasteiger partial charge in [-0.2, -0.15) is 0 Å². The molecule has 2 aliphatic heterocycles. The van der Waals surface area contributed by atoms with Crippen molar-refractivity contribution in [3.8, 4) is 39.8 Å². The van der Waals surface area contributed by atoms with E-state index in [0.29, 0.717) is 0 Å². The van der Waals surface area contributed by atoms with E-state index in [1.54, 1.807) is 0 Å². The van der Waals surface area contributed by atoms with Crippen LogP contribution in [0.2, 0.25) is 0 Å². The molecule has 0 N–H and O–H groups in total. The third kappa shape index (κ3) is 3.42. The fourth-order valence-electron chi connectivity index (χ4n) is 7.84. The second kappa shape index (κ2) is 9.58. The SMILES string of the molecule is c1ccc([Si]23c4ccccc4Oc4cc(-c5cccc(-n6c7ccccc7c7ccccc76)c5)cc(c42)Oc2ccccc23)cc1. The molecule has 0 fully saturated rings. The van der Waals surface area contributed by atoms with E-state index in [1.807, 2.05) is 0 Å². The predicted octanol–water partition coefficient (Wildman–Crippen LogP) is 8.04. The van der Waals surface area contributed by atoms with E-state index in [9.17, 15) is 0 Å². The van der Waals surface area contributed by atoms with Crippen LogP contribution in [0, 0.1) is 0 Å². The third-order valence-corrected chi connectivity index (χ3v) is 14.6. The normalized spacial score (nSPS) is 13.7. The van der Waals surface area contributed by atoms with Gasteiger partial charge in [0.05, 0.1) is 11.0 Å². The topological polar surface area (TPSA) is 23.4 Å². The van der Waals surface area contributed by atoms with Gasteiger partial charge in [-0.15, -0.1) is 0 Å². The van der Waals surface area contributed by atoms with E-state index < -0.39 is 8.07 Å². The van der Waals surface area contributed by atoms with E-state index in [4.69, 9.17) is 9.47 Å². The van der Waals surface area contributed by atoms with Crippen LogP contribution in [0.15, 0.2) is 164 Å². The lowest BCUT2D eigenvalue weighted by Gasteiger charge is -2.43. The van der Waals surface area contributed by atoms with Crippen molar-refractivity contribution in [1.29, 1.82) is 0 Å². The molecular weight excluding hydrogens is 579 g/mol. The zero-order valence-electron chi connectivity index (χ0n) is 24.9. The van der Waals surface area contributed by atoms with Gasteiger partial charge in [0, 0.05) is 21.6 Å². The second-order valence-corrected chi connectivity index (χ2v) is 15.7. The Morgan fingerprint density at radius 2 is 0.957 bits per heavy atom. The fourth-order valence-corrected chi connectivity index (χ4v) is 13.0. The fraction of sp³-hybridized carbons (Fsp3) is 0. The number of aromatic nitrogens is 1. The summed E-state index contributed by atoms with van der Waals surface area (Å²) in [5.74, 6) is 3.59. The van der Waals surface area contributed by atoms with Crippen molar-refractivity contribution in [2.45, 2.75) is 0 Å². The Kier molecular flexibility index (Phi) is 5.30. The van der Waals surface area contributed by atoms with Gasteiger partial charge in [-0.3, -0.25) is 0 Å². The molecule has 0 saturated carbocycles. The highest BCUT2D eigenvalue weighted by Gasteiger charge is 2.53. The van der Waals surface area contributed by atoms with Crippen molar-refractivity contribution in [3.63, 3.8) is 0 Å². The summed E-state index contributed by atoms with van der Waals surface area (Å²) in [6.07, 6.45) is 0. The van der Waals surface area contributed by atoms with E-state index >= 15 is 0 Å². The number of hydrogen-bond acceptors (Lipinski definition) is 2. The number of benzene rings is 7. The number of nitrogens with zero attached hydrogens (tertiary/aromatic N) is 1. The summed E-state index contributed by atoms with van der Waals surface area (Å²) in [5, 5.41) is 7.52. The maximum Gasteiger partial charge on any atom is 0.197 e. The zero-order chi connectivity index (χ0) is 30.2. The average Bonchev–Trinajstić information content (AvgIpc) is 3.46. The lowest BCUT2D eigenvalue weighted by Crippen LogP contribution is -2.77. The number of fused-ring (bicyclic) bond motifs is 7. The van der Waals surface area contributed by atoms with Crippen molar-refractivity contribution >= 4 is 50.6 Å². The molecule has 0 bridgehead atoms. The van der Waals surface area contributed by atoms with Gasteiger partial charge in [-0.1, -0.05) is 115 Å². The van der Waals surface area contributed by atoms with E-state index in [2.05, 4.69) is 168 Å². The third-order valence-electron chi connectivity index (χ3n) is 9.69. The zero-order valence-corrected chi connectivity index (χ0v) is 25.9. The molecule has 7 aromatic carbocycles. The molecule has 0 saturated heterocycles. The van der Waals surface area contributed by atoms with Crippen LogP contribution in [0.3, 0.4) is 0 Å². The molecule has 0 aliphatic carbocycles. The van der Waals surface area contributed by atoms with Crippen LogP contribution in [0.25, 0.3) is 38.6 Å². The van der Waals surface area contributed by atoms with Crippen molar-refractivity contribution in [3.05, 3.63) is 164 Å². The van der Waals surface area contributed by atoms with Crippen molar-refractivity contribution in [1.82, 2.24) is 4.57 Å². The molecule has 0 atom stereocenters. The summed E-state index contributed by atoms with van der Waals surface area (Å²) in [6.45, 7) is 0. The molecule has 46 heavy (non-hydrogen) atoms. The lowest BCUT2D eigenvalue weighted by molar-refractivity contribution is 0.464. The van der Waals surface area contributed by atoms with Crippen LogP contribution in [-0.4, -0.2) is 12.6 Å². The molecule has 3 heterocycles. The predicted molar refractivity (Wildman–Crippen MR) is 190 cm³/mol. The molecule has 1 aromatic heterocycles. The molecule has 0 radical (unpaired) electrons. The Morgan fingerprint density at radius 1 is 0.413 bits per heavy atom. The summed E-state index contributed by atoms with van der Waals surface area (Å²) in [7, 11) is -2.75. The number of hydrogen-bond donors (Lipinski definition) is 0. The second-order valence-electron chi connectivity index (χ2n) is 12.1. The first kappa shape index (κ1) is 25.5. The summed E-state index contributed by atoms with van der Waals surface area (Å²) < 4.78 is 16.0. The number of para-hydroxylation sites is 4. The van der Waals surface area contributed by atoms with Crippen LogP contribution >= 0.6 is 0 Å². The Balaban J connectivity index is 1.23. The first-order valence-corrected chi connectivity index (χ1v) is 17.7. The molecule has 216 valence electrons. The first-order valence-electron chi connectivity index (χ1n) is 15.7. The molecule has 10 rings (SSSR count). The van der Waals surface area contributed by atoms with Gasteiger partial charge in [-0.25, -0.2) is 0 Å². The Bertz CT molecular complexity index is 2370. The maximum atomic E-state index is 6.82. The summed E-state index contributed by atoms with van der Waals surface area (Å²) in [4.78, 5) is 0. The monoisotopic (exact) mass is 605 g/mol. The van der Waals surface area contributed by atoms with Crippen LogP contribution in [0.5, 0.6) is 23.0 Å². The van der Waals surface area contributed by atoms with E-state index in [0.717, 1.165) is 39.8 Å². The summed E-state index contributed by atoms with van der Waals surface area (Å²) >= 11 is 0.